The fourth-order valence-corrected chi connectivity index (χ4v) is 8.50. The first kappa shape index (κ1) is 71.0. The van der Waals surface area contributed by atoms with Gasteiger partial charge in [-0.25, -0.2) is 0 Å². The summed E-state index contributed by atoms with van der Waals surface area (Å²) in [6, 6.07) is 0. The van der Waals surface area contributed by atoms with E-state index in [1.807, 2.05) is 6.79 Å². The maximum atomic E-state index is 8.00. The Morgan fingerprint density at radius 1 is 0.277 bits per heavy atom. The summed E-state index contributed by atoms with van der Waals surface area (Å²) in [5.41, 5.74) is 1.93. The van der Waals surface area contributed by atoms with Crippen molar-refractivity contribution in [3.63, 3.8) is 0 Å². The summed E-state index contributed by atoms with van der Waals surface area (Å²) in [5.74, 6) is 2.91. The van der Waals surface area contributed by atoms with E-state index in [1.165, 1.54) is 96.3 Å². The predicted octanol–water partition coefficient (Wildman–Crippen LogP) is 16.8. The molecule has 0 rings (SSSR count). The van der Waals surface area contributed by atoms with Crippen molar-refractivity contribution >= 4 is 6.79 Å². The van der Waals surface area contributed by atoms with Gasteiger partial charge in [-0.15, -0.1) is 0 Å². The van der Waals surface area contributed by atoms with Crippen LogP contribution >= 0.6 is 0 Å². The van der Waals surface area contributed by atoms with Gasteiger partial charge in [0, 0.05) is 36.9 Å². The van der Waals surface area contributed by atoms with E-state index in [9.17, 15) is 0 Å². The molecule has 0 aliphatic carbocycles. The zero-order valence-electron chi connectivity index (χ0n) is 48.1. The van der Waals surface area contributed by atoms with Gasteiger partial charge in [0.05, 0.1) is 66.1 Å². The van der Waals surface area contributed by atoms with Crippen molar-refractivity contribution in [1.82, 2.24) is 0 Å². The first-order valence-corrected chi connectivity index (χ1v) is 27.7. The zero-order valence-corrected chi connectivity index (χ0v) is 48.1. The van der Waals surface area contributed by atoms with Crippen LogP contribution in [0.2, 0.25) is 0 Å². The Kier molecular flexibility index (Phi) is 48.7. The van der Waals surface area contributed by atoms with Gasteiger partial charge in [0.25, 0.3) is 0 Å². The van der Waals surface area contributed by atoms with E-state index in [4.69, 9.17) is 33.2 Å². The molecule has 0 aromatic carbocycles. The van der Waals surface area contributed by atoms with E-state index in [1.54, 1.807) is 0 Å². The molecule has 0 spiro atoms. The van der Waals surface area contributed by atoms with Crippen LogP contribution < -0.4 is 0 Å². The molecule has 0 N–H and O–H groups in total. The largest absolute Gasteiger partial charge is 0.381 e. The Balaban J connectivity index is -0.000000477. The molecule has 0 saturated carbocycles. The Bertz CT molecular complexity index is 890. The van der Waals surface area contributed by atoms with Crippen molar-refractivity contribution in [1.29, 1.82) is 0 Å². The topological polar surface area (TPSA) is 72.5 Å². The summed E-state index contributed by atoms with van der Waals surface area (Å²) in [6.45, 7) is 57.1. The normalized spacial score (nSPS) is 15.0. The Morgan fingerprint density at radius 3 is 0.662 bits per heavy atom. The lowest BCUT2D eigenvalue weighted by Crippen LogP contribution is -2.36. The van der Waals surface area contributed by atoms with Crippen molar-refractivity contribution in [2.75, 3.05) is 79.3 Å². The fourth-order valence-electron chi connectivity index (χ4n) is 8.50. The van der Waals surface area contributed by atoms with Gasteiger partial charge in [-0.2, -0.15) is 0 Å². The molecule has 0 aliphatic rings. The molecule has 0 fully saturated rings. The second kappa shape index (κ2) is 44.6. The lowest BCUT2D eigenvalue weighted by molar-refractivity contribution is -0.0980. The Labute approximate surface area is 409 Å². The quantitative estimate of drug-likeness (QED) is 0.0606. The summed E-state index contributed by atoms with van der Waals surface area (Å²) in [7, 11) is 0. The lowest BCUT2D eigenvalue weighted by atomic mass is 9.65. The molecule has 0 bridgehead atoms. The summed E-state index contributed by atoms with van der Waals surface area (Å²) in [6.07, 6.45) is 19.1. The van der Waals surface area contributed by atoms with E-state index in [2.05, 4.69) is 138 Å². The van der Waals surface area contributed by atoms with Crippen LogP contribution in [0, 0.1) is 57.2 Å². The average molecular weight is 932 g/mol. The van der Waals surface area contributed by atoms with Crippen LogP contribution in [0.15, 0.2) is 0 Å². The number of ether oxygens (including phenoxy) is 6. The van der Waals surface area contributed by atoms with Gasteiger partial charge < -0.3 is 33.2 Å². The maximum absolute atomic E-state index is 8.00. The average Bonchev–Trinajstić information content (AvgIpc) is 3.33. The third-order valence-electron chi connectivity index (χ3n) is 16.0. The number of carbonyl (C=O) groups excluding carboxylic acids is 1. The molecule has 65 heavy (non-hydrogen) atoms. The molecule has 7 nitrogen and oxygen atoms in total. The summed E-state index contributed by atoms with van der Waals surface area (Å²) >= 11 is 0. The van der Waals surface area contributed by atoms with Crippen molar-refractivity contribution in [3.8, 4) is 0 Å². The van der Waals surface area contributed by atoms with Crippen LogP contribution in [0.25, 0.3) is 0 Å². The van der Waals surface area contributed by atoms with Crippen molar-refractivity contribution < 1.29 is 33.2 Å². The van der Waals surface area contributed by atoms with E-state index in [0.29, 0.717) is 57.2 Å². The van der Waals surface area contributed by atoms with Gasteiger partial charge in [0.2, 0.25) is 0 Å². The minimum Gasteiger partial charge on any atom is -0.381 e. The standard InChI is InChI=1S/C26H54O5.C22H46O.C9H20.CH2O/c1-9-21(3)11-27-13-23(5)15-29-17-25(7)19-31-20-26(8)18-30-16-24(6)14-28-12-22(4)10-2;1-9-20(10-2,11-3)17-22(15-7,16-8)19-23-18-21(12-4,13-5)14-6;1-5-9(6-2,7-3)8-4;1-2/h21-26H,9-20H2,1-8H3;9-19H2,1-8H3;5-8H2,1-4H3;1H2. The molecule has 6 atom stereocenters. The third kappa shape index (κ3) is 34.4. The minimum atomic E-state index is 0.364. The molecule has 0 heterocycles. The smallest absolute Gasteiger partial charge is 0.106 e. The third-order valence-corrected chi connectivity index (χ3v) is 16.0. The number of rotatable bonds is 40. The van der Waals surface area contributed by atoms with Crippen LogP contribution in [0.1, 0.15) is 235 Å². The van der Waals surface area contributed by atoms with E-state index < -0.39 is 0 Å². The molecule has 6 unspecified atom stereocenters. The Morgan fingerprint density at radius 2 is 0.477 bits per heavy atom. The predicted molar refractivity (Wildman–Crippen MR) is 285 cm³/mol. The van der Waals surface area contributed by atoms with E-state index in [0.717, 1.165) is 79.3 Å². The first-order valence-electron chi connectivity index (χ1n) is 27.7. The van der Waals surface area contributed by atoms with Crippen LogP contribution in [0.3, 0.4) is 0 Å². The molecular weight excluding hydrogens is 809 g/mol. The highest BCUT2D eigenvalue weighted by molar-refractivity contribution is 5.11. The van der Waals surface area contributed by atoms with Gasteiger partial charge in [-0.05, 0) is 72.0 Å². The Hall–Kier alpha value is -0.570. The molecule has 0 aliphatic heterocycles. The lowest BCUT2D eigenvalue weighted by Gasteiger charge is -2.43. The van der Waals surface area contributed by atoms with Crippen molar-refractivity contribution in [2.45, 2.75) is 235 Å². The number of hydrogen-bond acceptors (Lipinski definition) is 7. The van der Waals surface area contributed by atoms with Gasteiger partial charge >= 0.3 is 0 Å². The maximum Gasteiger partial charge on any atom is 0.106 e. The fraction of sp³-hybridized carbons (Fsp3) is 0.983. The van der Waals surface area contributed by atoms with Gasteiger partial charge in [-0.1, -0.05) is 196 Å². The number of hydrogen-bond donors (Lipinski definition) is 0. The van der Waals surface area contributed by atoms with E-state index >= 15 is 0 Å². The number of carbonyl (C=O) groups is 1. The highest BCUT2D eigenvalue weighted by Crippen LogP contribution is 2.46. The minimum absolute atomic E-state index is 0.364. The first-order chi connectivity index (χ1) is 30.9. The zero-order chi connectivity index (χ0) is 50.8. The van der Waals surface area contributed by atoms with Crippen LogP contribution in [-0.2, 0) is 33.2 Å². The molecule has 7 heteroatoms. The molecule has 0 radical (unpaired) electrons. The monoisotopic (exact) mass is 931 g/mol. The summed E-state index contributed by atoms with van der Waals surface area (Å²) < 4.78 is 35.5. The summed E-state index contributed by atoms with van der Waals surface area (Å²) in [5, 5.41) is 0. The van der Waals surface area contributed by atoms with Gasteiger partial charge in [0.15, 0.2) is 0 Å². The highest BCUT2D eigenvalue weighted by Gasteiger charge is 2.37. The molecular formula is C58H122O7. The molecule has 0 aromatic rings. The molecule has 0 amide bonds. The van der Waals surface area contributed by atoms with Gasteiger partial charge in [-0.3, -0.25) is 0 Å². The molecule has 0 aromatic heterocycles. The second-order valence-electron chi connectivity index (χ2n) is 21.0. The van der Waals surface area contributed by atoms with Crippen molar-refractivity contribution in [2.24, 2.45) is 57.2 Å². The van der Waals surface area contributed by atoms with Gasteiger partial charge in [0.1, 0.15) is 6.79 Å². The van der Waals surface area contributed by atoms with Crippen molar-refractivity contribution in [3.05, 3.63) is 0 Å². The van der Waals surface area contributed by atoms with Crippen LogP contribution in [0.4, 0.5) is 0 Å². The highest BCUT2D eigenvalue weighted by atomic mass is 16.5. The van der Waals surface area contributed by atoms with Crippen LogP contribution in [0.5, 0.6) is 0 Å². The van der Waals surface area contributed by atoms with Crippen LogP contribution in [-0.4, -0.2) is 86.1 Å². The SMILES string of the molecule is C=O.CCC(C)COCC(C)COCC(C)COCC(C)COCC(C)COCC(C)CC.CCC(CC)(CC)CC.CCC(CC)(CC)COCC(CC)(CC)CC(CC)(CC)CC. The molecule has 0 saturated heterocycles. The second-order valence-corrected chi connectivity index (χ2v) is 21.0. The van der Waals surface area contributed by atoms with E-state index in [-0.39, 0.29) is 0 Å². The summed E-state index contributed by atoms with van der Waals surface area (Å²) in [4.78, 5) is 8.00. The molecule has 396 valence electrons.